The van der Waals surface area contributed by atoms with Gasteiger partial charge in [-0.25, -0.2) is 8.42 Å². The van der Waals surface area contributed by atoms with Gasteiger partial charge >= 0.3 is 0 Å². The van der Waals surface area contributed by atoms with Crippen LogP contribution in [0.5, 0.6) is 0 Å². The van der Waals surface area contributed by atoms with Gasteiger partial charge in [-0.05, 0) is 23.9 Å². The van der Waals surface area contributed by atoms with Gasteiger partial charge in [0.25, 0.3) is 0 Å². The molecular formula is C6H12N6O2S. The van der Waals surface area contributed by atoms with E-state index in [-0.39, 0.29) is 24.6 Å². The maximum atomic E-state index is 11.3. The molecule has 0 bridgehead atoms. The van der Waals surface area contributed by atoms with E-state index in [1.165, 1.54) is 0 Å². The molecule has 0 unspecified atom stereocenters. The van der Waals surface area contributed by atoms with E-state index in [0.29, 0.717) is 12.8 Å². The van der Waals surface area contributed by atoms with Gasteiger partial charge in [0.2, 0.25) is 0 Å². The van der Waals surface area contributed by atoms with Crippen molar-refractivity contribution in [1.29, 1.82) is 0 Å². The second kappa shape index (κ2) is 7.93. The zero-order valence-corrected chi connectivity index (χ0v) is 8.97. The third-order valence-electron chi connectivity index (χ3n) is 1.55. The number of hydrogen-bond acceptors (Lipinski definition) is 4. The topological polar surface area (TPSA) is 132 Å². The smallest absolute Gasteiger partial charge is 0.150 e. The van der Waals surface area contributed by atoms with Crippen molar-refractivity contribution in [3.63, 3.8) is 0 Å². The summed E-state index contributed by atoms with van der Waals surface area (Å²) in [5.41, 5.74) is 15.9. The summed E-state index contributed by atoms with van der Waals surface area (Å²) in [5, 5.41) is 6.47. The molecule has 15 heavy (non-hydrogen) atoms. The predicted molar refractivity (Wildman–Crippen MR) is 55.9 cm³/mol. The van der Waals surface area contributed by atoms with Crippen LogP contribution in [0.15, 0.2) is 10.2 Å². The molecule has 0 aliphatic heterocycles. The quantitative estimate of drug-likeness (QED) is 0.273. The van der Waals surface area contributed by atoms with E-state index >= 15 is 0 Å². The van der Waals surface area contributed by atoms with Crippen molar-refractivity contribution in [3.8, 4) is 0 Å². The largest absolute Gasteiger partial charge is 0.229 e. The fraction of sp³-hybridized carbons (Fsp3) is 1.00. The molecule has 0 aromatic rings. The second-order valence-corrected chi connectivity index (χ2v) is 5.07. The summed E-state index contributed by atoms with van der Waals surface area (Å²) in [6, 6.07) is 0. The van der Waals surface area contributed by atoms with Gasteiger partial charge in [-0.15, -0.1) is 0 Å². The third kappa shape index (κ3) is 8.89. The van der Waals surface area contributed by atoms with Crippen LogP contribution in [0.1, 0.15) is 12.8 Å². The minimum atomic E-state index is -3.11. The Kier molecular flexibility index (Phi) is 7.17. The molecule has 0 fully saturated rings. The zero-order chi connectivity index (χ0) is 11.6. The van der Waals surface area contributed by atoms with Crippen molar-refractivity contribution in [1.82, 2.24) is 0 Å². The molecule has 0 aromatic carbocycles. The third-order valence-corrected chi connectivity index (χ3v) is 3.37. The lowest BCUT2D eigenvalue weighted by Gasteiger charge is -2.00. The van der Waals surface area contributed by atoms with Crippen molar-refractivity contribution in [3.05, 3.63) is 20.9 Å². The van der Waals surface area contributed by atoms with Gasteiger partial charge in [-0.2, -0.15) is 0 Å². The van der Waals surface area contributed by atoms with Crippen LogP contribution in [0, 0.1) is 0 Å². The van der Waals surface area contributed by atoms with Crippen LogP contribution in [0.25, 0.3) is 20.9 Å². The molecule has 0 heterocycles. The fourth-order valence-corrected chi connectivity index (χ4v) is 2.24. The highest BCUT2D eigenvalue weighted by molar-refractivity contribution is 7.91. The monoisotopic (exact) mass is 232 g/mol. The lowest BCUT2D eigenvalue weighted by molar-refractivity contribution is 0.591. The molecule has 84 valence electrons. The van der Waals surface area contributed by atoms with Crippen LogP contribution in [0.2, 0.25) is 0 Å². The van der Waals surface area contributed by atoms with Gasteiger partial charge in [-0.3, -0.25) is 0 Å². The summed E-state index contributed by atoms with van der Waals surface area (Å²) in [5.74, 6) is 0.00454. The summed E-state index contributed by atoms with van der Waals surface area (Å²) in [7, 11) is -3.11. The highest BCUT2D eigenvalue weighted by Gasteiger charge is 2.08. The average Bonchev–Trinajstić information content (AvgIpc) is 2.20. The van der Waals surface area contributed by atoms with Gasteiger partial charge in [0.15, 0.2) is 0 Å². The maximum absolute atomic E-state index is 11.3. The van der Waals surface area contributed by atoms with E-state index < -0.39 is 9.84 Å². The molecule has 0 atom stereocenters. The molecule has 0 saturated heterocycles. The highest BCUT2D eigenvalue weighted by atomic mass is 32.2. The first kappa shape index (κ1) is 13.6. The minimum Gasteiger partial charge on any atom is -0.229 e. The SMILES string of the molecule is [N-]=[N+]=NCCCS(=O)(=O)CCCN=[N+]=[N-]. The van der Waals surface area contributed by atoms with E-state index in [2.05, 4.69) is 20.1 Å². The maximum Gasteiger partial charge on any atom is 0.150 e. The fourth-order valence-electron chi connectivity index (χ4n) is 0.902. The van der Waals surface area contributed by atoms with Gasteiger partial charge in [-0.1, -0.05) is 10.2 Å². The van der Waals surface area contributed by atoms with E-state index in [9.17, 15) is 8.42 Å². The number of azide groups is 2. The Morgan fingerprint density at radius 1 is 0.933 bits per heavy atom. The molecular weight excluding hydrogens is 220 g/mol. The molecule has 0 aliphatic rings. The molecule has 0 amide bonds. The second-order valence-electron chi connectivity index (χ2n) is 2.77. The van der Waals surface area contributed by atoms with Crippen LogP contribution < -0.4 is 0 Å². The Morgan fingerprint density at radius 3 is 1.67 bits per heavy atom. The van der Waals surface area contributed by atoms with Crippen LogP contribution >= 0.6 is 0 Å². The Bertz CT molecular complexity index is 335. The van der Waals surface area contributed by atoms with Gasteiger partial charge < -0.3 is 0 Å². The molecule has 0 radical (unpaired) electrons. The lowest BCUT2D eigenvalue weighted by Crippen LogP contribution is -2.12. The number of nitrogens with zero attached hydrogens (tertiary/aromatic N) is 6. The summed E-state index contributed by atoms with van der Waals surface area (Å²) in [4.78, 5) is 5.03. The van der Waals surface area contributed by atoms with Gasteiger partial charge in [0.1, 0.15) is 9.84 Å². The van der Waals surface area contributed by atoms with E-state index in [4.69, 9.17) is 11.1 Å². The molecule has 0 N–H and O–H groups in total. The molecule has 0 spiro atoms. The molecule has 0 aliphatic carbocycles. The van der Waals surface area contributed by atoms with Gasteiger partial charge in [0, 0.05) is 22.9 Å². The molecule has 0 saturated carbocycles. The van der Waals surface area contributed by atoms with Crippen LogP contribution in [0.3, 0.4) is 0 Å². The van der Waals surface area contributed by atoms with E-state index in [0.717, 1.165) is 0 Å². The van der Waals surface area contributed by atoms with Crippen molar-refractivity contribution in [2.45, 2.75) is 12.8 Å². The normalized spacial score (nSPS) is 10.1. The predicted octanol–water partition coefficient (Wildman–Crippen LogP) is 1.80. The first-order chi connectivity index (χ1) is 7.12. The molecule has 9 heteroatoms. The van der Waals surface area contributed by atoms with E-state index in [1.807, 2.05) is 0 Å². The lowest BCUT2D eigenvalue weighted by atomic mass is 10.5. The highest BCUT2D eigenvalue weighted by Crippen LogP contribution is 1.98. The van der Waals surface area contributed by atoms with Crippen molar-refractivity contribution >= 4 is 9.84 Å². The minimum absolute atomic E-state index is 0.00227. The van der Waals surface area contributed by atoms with Crippen LogP contribution in [-0.4, -0.2) is 33.0 Å². The summed E-state index contributed by atoms with van der Waals surface area (Å²) < 4.78 is 22.6. The number of hydrogen-bond donors (Lipinski definition) is 0. The Labute approximate surface area is 87.5 Å². The van der Waals surface area contributed by atoms with Crippen molar-refractivity contribution in [2.24, 2.45) is 10.2 Å². The van der Waals surface area contributed by atoms with E-state index in [1.54, 1.807) is 0 Å². The van der Waals surface area contributed by atoms with Gasteiger partial charge in [0.05, 0.1) is 11.5 Å². The molecule has 8 nitrogen and oxygen atoms in total. The first-order valence-corrected chi connectivity index (χ1v) is 6.16. The van der Waals surface area contributed by atoms with Crippen molar-refractivity contribution < 1.29 is 8.42 Å². The summed E-state index contributed by atoms with van der Waals surface area (Å²) >= 11 is 0. The first-order valence-electron chi connectivity index (χ1n) is 4.34. The average molecular weight is 232 g/mol. The number of rotatable bonds is 8. The Hall–Kier alpha value is -1.43. The van der Waals surface area contributed by atoms with Crippen molar-refractivity contribution in [2.75, 3.05) is 24.6 Å². The Balaban J connectivity index is 3.76. The van der Waals surface area contributed by atoms with Crippen LogP contribution in [0.4, 0.5) is 0 Å². The summed E-state index contributed by atoms with van der Waals surface area (Å²) in [6.45, 7) is 0.373. The number of sulfone groups is 1. The summed E-state index contributed by atoms with van der Waals surface area (Å²) in [6.07, 6.45) is 0.655. The van der Waals surface area contributed by atoms with Crippen LogP contribution in [-0.2, 0) is 9.84 Å². The molecule has 0 aromatic heterocycles. The Morgan fingerprint density at radius 2 is 1.33 bits per heavy atom. The standard InChI is InChI=1S/C6H12N6O2S/c7-11-9-3-1-5-15(13,14)6-2-4-10-12-8/h1-6H2. The molecule has 0 rings (SSSR count). The zero-order valence-electron chi connectivity index (χ0n) is 8.15.